The first-order valence-corrected chi connectivity index (χ1v) is 7.83. The fraction of sp³-hybridized carbons (Fsp3) is 0.353. The van der Waals surface area contributed by atoms with Crippen LogP contribution in [0.1, 0.15) is 17.3 Å². The van der Waals surface area contributed by atoms with Crippen LogP contribution >= 0.6 is 0 Å². The predicted octanol–water partition coefficient (Wildman–Crippen LogP) is 1.02. The molecule has 0 saturated carbocycles. The lowest BCUT2D eigenvalue weighted by Gasteiger charge is -2.34. The van der Waals surface area contributed by atoms with E-state index in [1.165, 1.54) is 6.92 Å². The van der Waals surface area contributed by atoms with Gasteiger partial charge in [-0.3, -0.25) is 9.59 Å². The van der Waals surface area contributed by atoms with Crippen LogP contribution in [-0.4, -0.2) is 65.4 Å². The molecule has 1 aromatic carbocycles. The van der Waals surface area contributed by atoms with Gasteiger partial charge in [0.1, 0.15) is 0 Å². The molecule has 3 rings (SSSR count). The van der Waals surface area contributed by atoms with E-state index >= 15 is 0 Å². The number of aromatic amines is 1. The zero-order valence-corrected chi connectivity index (χ0v) is 13.4. The van der Waals surface area contributed by atoms with E-state index in [0.717, 1.165) is 10.9 Å². The van der Waals surface area contributed by atoms with E-state index in [0.29, 0.717) is 31.7 Å². The Hall–Kier alpha value is -2.83. The maximum Gasteiger partial charge on any atom is 0.340 e. The normalized spacial score (nSPS) is 14.7. The highest BCUT2D eigenvalue weighted by Crippen LogP contribution is 2.18. The second kappa shape index (κ2) is 6.74. The van der Waals surface area contributed by atoms with Gasteiger partial charge in [0.25, 0.3) is 5.91 Å². The number of amides is 2. The van der Waals surface area contributed by atoms with Crippen LogP contribution in [0.25, 0.3) is 10.9 Å². The molecule has 7 nitrogen and oxygen atoms in total. The van der Waals surface area contributed by atoms with E-state index in [2.05, 4.69) is 4.98 Å². The highest BCUT2D eigenvalue weighted by atomic mass is 16.5. The van der Waals surface area contributed by atoms with Gasteiger partial charge in [0, 0.05) is 50.2 Å². The summed E-state index contributed by atoms with van der Waals surface area (Å²) in [7, 11) is 0. The Kier molecular flexibility index (Phi) is 4.50. The van der Waals surface area contributed by atoms with Crippen molar-refractivity contribution in [1.82, 2.24) is 14.8 Å². The Bertz CT molecular complexity index is 775. The quantitative estimate of drug-likeness (QED) is 0.852. The molecule has 1 saturated heterocycles. The van der Waals surface area contributed by atoms with Crippen molar-refractivity contribution >= 4 is 28.7 Å². The first kappa shape index (κ1) is 16.0. The lowest BCUT2D eigenvalue weighted by atomic mass is 10.2. The van der Waals surface area contributed by atoms with E-state index in [4.69, 9.17) is 4.74 Å². The number of nitrogens with zero attached hydrogens (tertiary/aromatic N) is 2. The van der Waals surface area contributed by atoms with E-state index in [9.17, 15) is 14.4 Å². The van der Waals surface area contributed by atoms with Crippen molar-refractivity contribution in [1.29, 1.82) is 0 Å². The molecule has 0 bridgehead atoms. The molecule has 1 aromatic heterocycles. The van der Waals surface area contributed by atoms with Crippen molar-refractivity contribution in [2.75, 3.05) is 32.8 Å². The number of hydrogen-bond acceptors (Lipinski definition) is 4. The molecule has 7 heteroatoms. The van der Waals surface area contributed by atoms with E-state index in [1.807, 2.05) is 24.3 Å². The number of H-pyrrole nitrogens is 1. The number of esters is 1. The summed E-state index contributed by atoms with van der Waals surface area (Å²) in [6.45, 7) is 3.17. The second-order valence-corrected chi connectivity index (χ2v) is 5.71. The molecule has 126 valence electrons. The third-order valence-corrected chi connectivity index (χ3v) is 4.21. The third-order valence-electron chi connectivity index (χ3n) is 4.21. The van der Waals surface area contributed by atoms with Crippen molar-refractivity contribution < 1.29 is 19.1 Å². The molecular formula is C17H19N3O4. The minimum Gasteiger partial charge on any atom is -0.452 e. The van der Waals surface area contributed by atoms with Gasteiger partial charge in [0.2, 0.25) is 5.91 Å². The molecule has 1 N–H and O–H groups in total. The van der Waals surface area contributed by atoms with Crippen molar-refractivity contribution in [2.24, 2.45) is 0 Å². The zero-order chi connectivity index (χ0) is 17.1. The lowest BCUT2D eigenvalue weighted by Crippen LogP contribution is -2.51. The largest absolute Gasteiger partial charge is 0.452 e. The van der Waals surface area contributed by atoms with Gasteiger partial charge in [-0.25, -0.2) is 4.79 Å². The molecule has 2 aromatic rings. The molecule has 0 aliphatic carbocycles. The number of rotatable bonds is 3. The lowest BCUT2D eigenvalue weighted by molar-refractivity contribution is -0.140. The van der Waals surface area contributed by atoms with Crippen LogP contribution in [0.3, 0.4) is 0 Å². The van der Waals surface area contributed by atoms with Gasteiger partial charge in [0.05, 0.1) is 5.56 Å². The van der Waals surface area contributed by atoms with Crippen LogP contribution in [0, 0.1) is 0 Å². The Morgan fingerprint density at radius 3 is 2.46 bits per heavy atom. The average Bonchev–Trinajstić information content (AvgIpc) is 3.03. The second-order valence-electron chi connectivity index (χ2n) is 5.71. The fourth-order valence-electron chi connectivity index (χ4n) is 2.81. The molecule has 0 spiro atoms. The summed E-state index contributed by atoms with van der Waals surface area (Å²) in [6, 6.07) is 7.40. The smallest absolute Gasteiger partial charge is 0.340 e. The van der Waals surface area contributed by atoms with Gasteiger partial charge in [-0.1, -0.05) is 18.2 Å². The van der Waals surface area contributed by atoms with Crippen molar-refractivity contribution in [3.05, 3.63) is 36.0 Å². The van der Waals surface area contributed by atoms with Crippen molar-refractivity contribution in [3.63, 3.8) is 0 Å². The van der Waals surface area contributed by atoms with Gasteiger partial charge in [-0.05, 0) is 6.07 Å². The molecule has 2 amide bonds. The molecular weight excluding hydrogens is 310 g/mol. The van der Waals surface area contributed by atoms with Gasteiger partial charge in [-0.2, -0.15) is 0 Å². The number of carbonyl (C=O) groups excluding carboxylic acids is 3. The van der Waals surface area contributed by atoms with Gasteiger partial charge in [0.15, 0.2) is 6.61 Å². The van der Waals surface area contributed by atoms with Gasteiger partial charge < -0.3 is 19.5 Å². The van der Waals surface area contributed by atoms with Crippen LogP contribution in [0.5, 0.6) is 0 Å². The van der Waals surface area contributed by atoms with Crippen LogP contribution in [0.2, 0.25) is 0 Å². The number of benzene rings is 1. The van der Waals surface area contributed by atoms with Crippen LogP contribution in [-0.2, 0) is 14.3 Å². The van der Waals surface area contributed by atoms with E-state index in [-0.39, 0.29) is 18.4 Å². The topological polar surface area (TPSA) is 82.7 Å². The SMILES string of the molecule is CC(=O)N1CCN(C(=O)COC(=O)c2c[nH]c3ccccc23)CC1. The molecule has 0 atom stereocenters. The number of para-hydroxylation sites is 1. The number of nitrogens with one attached hydrogen (secondary N) is 1. The Labute approximate surface area is 139 Å². The summed E-state index contributed by atoms with van der Waals surface area (Å²) in [5.41, 5.74) is 1.26. The van der Waals surface area contributed by atoms with Crippen LogP contribution in [0.15, 0.2) is 30.5 Å². The van der Waals surface area contributed by atoms with Gasteiger partial charge >= 0.3 is 5.97 Å². The highest BCUT2D eigenvalue weighted by Gasteiger charge is 2.23. The molecule has 2 heterocycles. The number of hydrogen-bond donors (Lipinski definition) is 1. The summed E-state index contributed by atoms with van der Waals surface area (Å²) >= 11 is 0. The standard InChI is InChI=1S/C17H19N3O4/c1-12(21)19-6-8-20(9-7-19)16(22)11-24-17(23)14-10-18-15-5-3-2-4-13(14)15/h2-5,10,18H,6-9,11H2,1H3. The summed E-state index contributed by atoms with van der Waals surface area (Å²) in [5.74, 6) is -0.762. The van der Waals surface area contributed by atoms with Crippen LogP contribution in [0.4, 0.5) is 0 Å². The monoisotopic (exact) mass is 329 g/mol. The highest BCUT2D eigenvalue weighted by molar-refractivity contribution is 6.04. The summed E-state index contributed by atoms with van der Waals surface area (Å²) in [6.07, 6.45) is 1.59. The van der Waals surface area contributed by atoms with Crippen molar-refractivity contribution in [2.45, 2.75) is 6.92 Å². The summed E-state index contributed by atoms with van der Waals surface area (Å²) in [5, 5.41) is 0.769. The Morgan fingerprint density at radius 2 is 1.75 bits per heavy atom. The first-order valence-electron chi connectivity index (χ1n) is 7.83. The van der Waals surface area contributed by atoms with Gasteiger partial charge in [-0.15, -0.1) is 0 Å². The fourth-order valence-corrected chi connectivity index (χ4v) is 2.81. The third kappa shape index (κ3) is 3.24. The van der Waals surface area contributed by atoms with Crippen LogP contribution < -0.4 is 0 Å². The number of piperazine rings is 1. The number of carbonyl (C=O) groups is 3. The maximum absolute atomic E-state index is 12.2. The number of fused-ring (bicyclic) bond motifs is 1. The predicted molar refractivity (Wildman–Crippen MR) is 87.4 cm³/mol. The molecule has 0 radical (unpaired) electrons. The van der Waals surface area contributed by atoms with Crippen molar-refractivity contribution in [3.8, 4) is 0 Å². The number of ether oxygens (including phenoxy) is 1. The summed E-state index contributed by atoms with van der Waals surface area (Å²) in [4.78, 5) is 41.9. The molecule has 24 heavy (non-hydrogen) atoms. The Balaban J connectivity index is 1.55. The molecule has 0 unspecified atom stereocenters. The maximum atomic E-state index is 12.2. The summed E-state index contributed by atoms with van der Waals surface area (Å²) < 4.78 is 5.15. The molecule has 1 aliphatic rings. The minimum atomic E-state index is -0.525. The number of aromatic nitrogens is 1. The van der Waals surface area contributed by atoms with E-state index in [1.54, 1.807) is 16.0 Å². The zero-order valence-electron chi connectivity index (χ0n) is 13.4. The average molecular weight is 329 g/mol. The molecule has 1 aliphatic heterocycles. The first-order chi connectivity index (χ1) is 11.6. The molecule has 1 fully saturated rings. The minimum absolute atomic E-state index is 0.00728. The Morgan fingerprint density at radius 1 is 1.08 bits per heavy atom. The van der Waals surface area contributed by atoms with E-state index < -0.39 is 5.97 Å².